The topological polar surface area (TPSA) is 76.0 Å². The highest BCUT2D eigenvalue weighted by Crippen LogP contribution is 2.11. The van der Waals surface area contributed by atoms with Crippen LogP contribution in [0.15, 0.2) is 12.2 Å². The lowest BCUT2D eigenvalue weighted by Crippen LogP contribution is -2.31. The van der Waals surface area contributed by atoms with Gasteiger partial charge < -0.3 is 9.84 Å². The van der Waals surface area contributed by atoms with Crippen LogP contribution in [-0.2, 0) is 14.4 Å². The Bertz CT molecular complexity index is 201. The Labute approximate surface area is 82.9 Å². The van der Waals surface area contributed by atoms with Crippen LogP contribution >= 0.6 is 0 Å². The zero-order valence-corrected chi connectivity index (χ0v) is 8.40. The van der Waals surface area contributed by atoms with Crippen LogP contribution in [-0.4, -0.2) is 35.1 Å². The minimum absolute atomic E-state index is 0.230. The van der Waals surface area contributed by atoms with Crippen molar-refractivity contribution in [2.75, 3.05) is 6.61 Å². The quantitative estimate of drug-likeness (QED) is 0.289. The highest BCUT2D eigenvalue weighted by atomic mass is 17.1. The van der Waals surface area contributed by atoms with Gasteiger partial charge in [-0.05, 0) is 19.4 Å². The van der Waals surface area contributed by atoms with Gasteiger partial charge in [-0.3, -0.25) is 10.1 Å². The van der Waals surface area contributed by atoms with Crippen molar-refractivity contribution < 1.29 is 24.8 Å². The first-order chi connectivity index (χ1) is 6.52. The van der Waals surface area contributed by atoms with Crippen LogP contribution in [0, 0.1) is 0 Å². The van der Waals surface area contributed by atoms with E-state index < -0.39 is 18.2 Å². The fourth-order valence-corrected chi connectivity index (χ4v) is 0.986. The second-order valence-corrected chi connectivity index (χ2v) is 2.95. The lowest BCUT2D eigenvalue weighted by Gasteiger charge is -2.18. The number of aliphatic hydroxyl groups excluding tert-OH is 1. The van der Waals surface area contributed by atoms with Crippen molar-refractivity contribution in [1.29, 1.82) is 0 Å². The molecule has 2 unspecified atom stereocenters. The predicted octanol–water partition coefficient (Wildman–Crippen LogP) is 0.735. The molecular formula is C9H16O5. The molecule has 0 rings (SSSR count). The van der Waals surface area contributed by atoms with E-state index in [1.54, 1.807) is 13.8 Å². The van der Waals surface area contributed by atoms with Gasteiger partial charge in [-0.15, -0.1) is 0 Å². The largest absolute Gasteiger partial charge is 0.466 e. The molecule has 0 aliphatic heterocycles. The summed E-state index contributed by atoms with van der Waals surface area (Å²) in [4.78, 5) is 14.9. The molecule has 0 aliphatic rings. The minimum Gasteiger partial charge on any atom is -0.466 e. The molecule has 0 aromatic carbocycles. The molecule has 5 nitrogen and oxygen atoms in total. The maximum absolute atomic E-state index is 10.9. The number of hydrogen-bond donors (Lipinski definition) is 2. The van der Waals surface area contributed by atoms with Gasteiger partial charge >= 0.3 is 5.97 Å². The van der Waals surface area contributed by atoms with Gasteiger partial charge in [0.15, 0.2) is 0 Å². The highest BCUT2D eigenvalue weighted by Gasteiger charge is 2.24. The van der Waals surface area contributed by atoms with Crippen LogP contribution in [0.3, 0.4) is 0 Å². The predicted molar refractivity (Wildman–Crippen MR) is 49.6 cm³/mol. The summed E-state index contributed by atoms with van der Waals surface area (Å²) in [6, 6.07) is 0. The first kappa shape index (κ1) is 13.1. The van der Waals surface area contributed by atoms with E-state index in [9.17, 15) is 9.90 Å². The fourth-order valence-electron chi connectivity index (χ4n) is 0.986. The summed E-state index contributed by atoms with van der Waals surface area (Å²) in [5, 5.41) is 17.9. The van der Waals surface area contributed by atoms with Crippen molar-refractivity contribution in [3.63, 3.8) is 0 Å². The van der Waals surface area contributed by atoms with E-state index in [0.29, 0.717) is 5.57 Å². The standard InChI is InChI=1S/C9H16O5/c1-4-13-8(11)5-7(10)9(14-12)6(2)3/h7,9-10,12H,2,4-5H2,1,3H3. The molecule has 0 amide bonds. The SMILES string of the molecule is C=C(C)C(OO)C(O)CC(=O)OCC. The second kappa shape index (κ2) is 6.53. The first-order valence-electron chi connectivity index (χ1n) is 4.32. The molecule has 0 heterocycles. The number of hydrogen-bond acceptors (Lipinski definition) is 5. The van der Waals surface area contributed by atoms with E-state index in [-0.39, 0.29) is 13.0 Å². The van der Waals surface area contributed by atoms with Crippen molar-refractivity contribution >= 4 is 5.97 Å². The van der Waals surface area contributed by atoms with Gasteiger partial charge in [-0.25, -0.2) is 4.89 Å². The third kappa shape index (κ3) is 4.36. The fraction of sp³-hybridized carbons (Fsp3) is 0.667. The van der Waals surface area contributed by atoms with E-state index in [2.05, 4.69) is 16.2 Å². The Morgan fingerprint density at radius 2 is 2.14 bits per heavy atom. The highest BCUT2D eigenvalue weighted by molar-refractivity contribution is 5.70. The van der Waals surface area contributed by atoms with E-state index in [1.807, 2.05) is 0 Å². The molecule has 2 atom stereocenters. The van der Waals surface area contributed by atoms with Crippen LogP contribution in [0.25, 0.3) is 0 Å². The molecule has 0 bridgehead atoms. The van der Waals surface area contributed by atoms with Crippen LogP contribution in [0.2, 0.25) is 0 Å². The van der Waals surface area contributed by atoms with Crippen molar-refractivity contribution in [2.45, 2.75) is 32.5 Å². The number of carbonyl (C=O) groups is 1. The number of ether oxygens (including phenoxy) is 1. The molecule has 0 aromatic heterocycles. The maximum atomic E-state index is 10.9. The van der Waals surface area contributed by atoms with Crippen molar-refractivity contribution in [3.8, 4) is 0 Å². The second-order valence-electron chi connectivity index (χ2n) is 2.95. The lowest BCUT2D eigenvalue weighted by atomic mass is 10.1. The van der Waals surface area contributed by atoms with E-state index >= 15 is 0 Å². The van der Waals surface area contributed by atoms with Crippen molar-refractivity contribution in [1.82, 2.24) is 0 Å². The summed E-state index contributed by atoms with van der Waals surface area (Å²) in [7, 11) is 0. The summed E-state index contributed by atoms with van der Waals surface area (Å²) in [6.07, 6.45) is -2.33. The number of aliphatic hydroxyl groups is 1. The van der Waals surface area contributed by atoms with E-state index in [4.69, 9.17) is 5.26 Å². The average molecular weight is 204 g/mol. The molecule has 82 valence electrons. The average Bonchev–Trinajstić information content (AvgIpc) is 2.04. The first-order valence-corrected chi connectivity index (χ1v) is 4.32. The Morgan fingerprint density at radius 1 is 1.57 bits per heavy atom. The molecule has 0 aliphatic carbocycles. The van der Waals surface area contributed by atoms with Crippen molar-refractivity contribution in [2.24, 2.45) is 0 Å². The van der Waals surface area contributed by atoms with Gasteiger partial charge in [0.2, 0.25) is 0 Å². The molecule has 0 saturated heterocycles. The minimum atomic E-state index is -1.14. The monoisotopic (exact) mass is 204 g/mol. The van der Waals surface area contributed by atoms with Crippen LogP contribution < -0.4 is 0 Å². The molecule has 0 fully saturated rings. The summed E-state index contributed by atoms with van der Waals surface area (Å²) >= 11 is 0. The number of carbonyl (C=O) groups excluding carboxylic acids is 1. The van der Waals surface area contributed by atoms with Crippen LogP contribution in [0.5, 0.6) is 0 Å². The zero-order valence-electron chi connectivity index (χ0n) is 8.40. The van der Waals surface area contributed by atoms with Crippen molar-refractivity contribution in [3.05, 3.63) is 12.2 Å². The Kier molecular flexibility index (Phi) is 6.11. The molecule has 5 heteroatoms. The zero-order chi connectivity index (χ0) is 11.1. The number of esters is 1. The molecule has 2 N–H and O–H groups in total. The van der Waals surface area contributed by atoms with Gasteiger partial charge in [0.1, 0.15) is 6.10 Å². The Hall–Kier alpha value is -0.910. The Balaban J connectivity index is 4.10. The van der Waals surface area contributed by atoms with Gasteiger partial charge in [0.25, 0.3) is 0 Å². The van der Waals surface area contributed by atoms with E-state index in [0.717, 1.165) is 0 Å². The van der Waals surface area contributed by atoms with Crippen LogP contribution in [0.4, 0.5) is 0 Å². The van der Waals surface area contributed by atoms with Gasteiger partial charge in [-0.2, -0.15) is 0 Å². The summed E-state index contributed by atoms with van der Waals surface area (Å²) in [5.74, 6) is -0.539. The van der Waals surface area contributed by atoms with Gasteiger partial charge in [-0.1, -0.05) is 6.58 Å². The van der Waals surface area contributed by atoms with Gasteiger partial charge in [0, 0.05) is 0 Å². The summed E-state index contributed by atoms with van der Waals surface area (Å²) in [5.41, 5.74) is 0.435. The summed E-state index contributed by atoms with van der Waals surface area (Å²) in [6.45, 7) is 7.01. The molecular weight excluding hydrogens is 188 g/mol. The third-order valence-corrected chi connectivity index (χ3v) is 1.63. The lowest BCUT2D eigenvalue weighted by molar-refractivity contribution is -0.286. The maximum Gasteiger partial charge on any atom is 0.308 e. The molecule has 0 aromatic rings. The van der Waals surface area contributed by atoms with Gasteiger partial charge in [0.05, 0.1) is 19.1 Å². The molecule has 0 saturated carbocycles. The number of rotatable bonds is 6. The molecule has 0 radical (unpaired) electrons. The van der Waals surface area contributed by atoms with Crippen LogP contribution in [0.1, 0.15) is 20.3 Å². The smallest absolute Gasteiger partial charge is 0.308 e. The van der Waals surface area contributed by atoms with E-state index in [1.165, 1.54) is 0 Å². The molecule has 14 heavy (non-hydrogen) atoms. The normalized spacial score (nSPS) is 14.6. The Morgan fingerprint density at radius 3 is 2.50 bits per heavy atom. The summed E-state index contributed by atoms with van der Waals surface area (Å²) < 4.78 is 4.62. The third-order valence-electron chi connectivity index (χ3n) is 1.63. The molecule has 0 spiro atoms.